The highest BCUT2D eigenvalue weighted by Crippen LogP contribution is 2.62. The van der Waals surface area contributed by atoms with Crippen LogP contribution < -0.4 is 9.80 Å². The van der Waals surface area contributed by atoms with Crippen molar-refractivity contribution in [2.45, 2.75) is 24.1 Å². The molecule has 3 aromatic rings. The first-order chi connectivity index (χ1) is 14.9. The summed E-state index contributed by atoms with van der Waals surface area (Å²) >= 11 is 12.1. The second kappa shape index (κ2) is 7.00. The maximum absolute atomic E-state index is 13.8. The molecule has 1 atom stereocenters. The van der Waals surface area contributed by atoms with Gasteiger partial charge in [-0.05, 0) is 73.5 Å². The van der Waals surface area contributed by atoms with E-state index in [1.54, 1.807) is 77.7 Å². The van der Waals surface area contributed by atoms with Gasteiger partial charge in [0.2, 0.25) is 0 Å². The number of benzene rings is 3. The summed E-state index contributed by atoms with van der Waals surface area (Å²) in [5.74, 6) is 0. The molecule has 154 valence electrons. The Morgan fingerprint density at radius 3 is 1.94 bits per heavy atom. The van der Waals surface area contributed by atoms with Crippen molar-refractivity contribution in [2.75, 3.05) is 9.80 Å². The van der Waals surface area contributed by atoms with E-state index in [9.17, 15) is 15.2 Å². The Balaban J connectivity index is 1.74. The Morgan fingerprint density at radius 1 is 0.871 bits per heavy atom. The van der Waals surface area contributed by atoms with Crippen LogP contribution in [0.1, 0.15) is 24.0 Å². The Kier molecular flexibility index (Phi) is 4.49. The maximum atomic E-state index is 13.8. The summed E-state index contributed by atoms with van der Waals surface area (Å²) in [5.41, 5.74) is -0.477. The number of halogens is 2. The molecule has 1 N–H and O–H groups in total. The minimum absolute atomic E-state index is 0.355. The predicted molar refractivity (Wildman–Crippen MR) is 120 cm³/mol. The first kappa shape index (κ1) is 19.9. The minimum atomic E-state index is -1.68. The van der Waals surface area contributed by atoms with Crippen molar-refractivity contribution in [1.82, 2.24) is 0 Å². The highest BCUT2D eigenvalue weighted by Gasteiger charge is 2.74. The fourth-order valence-electron chi connectivity index (χ4n) is 4.51. The molecule has 2 aliphatic rings. The third-order valence-corrected chi connectivity index (χ3v) is 6.57. The zero-order valence-electron chi connectivity index (χ0n) is 16.3. The molecule has 3 aromatic carbocycles. The smallest absolute Gasteiger partial charge is 0.332 e. The topological polar surface area (TPSA) is 67.6 Å². The first-order valence-electron chi connectivity index (χ1n) is 9.79. The molecular formula is C24H17Cl2N3O2. The lowest BCUT2D eigenvalue weighted by Gasteiger charge is -2.37. The molecule has 1 aliphatic carbocycles. The standard InChI is InChI=1S/C24H17Cl2N3O2/c25-18-4-8-20(9-5-18)28-22(30)29(21-10-6-19(26)7-11-21)24(31,23(28)12-13-23)17-3-1-2-16(14-17)15-27/h1-11,14,31H,12-13H2. The third-order valence-electron chi connectivity index (χ3n) is 6.07. The van der Waals surface area contributed by atoms with Crippen LogP contribution in [0.2, 0.25) is 10.0 Å². The number of urea groups is 1. The SMILES string of the molecule is N#Cc1cccc(C2(O)N(c3ccc(Cl)cc3)C(=O)N(c3ccc(Cl)cc3)C23CC3)c1. The lowest BCUT2D eigenvalue weighted by Crippen LogP contribution is -2.51. The van der Waals surface area contributed by atoms with Crippen LogP contribution in [0.3, 0.4) is 0 Å². The number of nitrogens with zero attached hydrogens (tertiary/aromatic N) is 3. The van der Waals surface area contributed by atoms with E-state index < -0.39 is 11.3 Å². The lowest BCUT2D eigenvalue weighted by atomic mass is 9.90. The Morgan fingerprint density at radius 2 is 1.42 bits per heavy atom. The van der Waals surface area contributed by atoms with Crippen LogP contribution in [0.5, 0.6) is 0 Å². The van der Waals surface area contributed by atoms with Crippen LogP contribution in [-0.2, 0) is 5.72 Å². The Labute approximate surface area is 189 Å². The summed E-state index contributed by atoms with van der Waals surface area (Å²) < 4.78 is 0. The molecule has 2 fully saturated rings. The van der Waals surface area contributed by atoms with Gasteiger partial charge in [0.1, 0.15) is 5.54 Å². The minimum Gasteiger partial charge on any atom is -0.364 e. The van der Waals surface area contributed by atoms with Crippen LogP contribution in [0.25, 0.3) is 0 Å². The fourth-order valence-corrected chi connectivity index (χ4v) is 4.77. The molecule has 0 aromatic heterocycles. The van der Waals surface area contributed by atoms with Gasteiger partial charge in [-0.1, -0.05) is 35.3 Å². The summed E-state index contributed by atoms with van der Waals surface area (Å²) in [6.07, 6.45) is 1.22. The molecule has 1 aliphatic heterocycles. The van der Waals surface area contributed by atoms with E-state index in [0.29, 0.717) is 45.4 Å². The molecule has 1 saturated heterocycles. The van der Waals surface area contributed by atoms with Crippen LogP contribution in [0, 0.1) is 11.3 Å². The zero-order valence-corrected chi connectivity index (χ0v) is 17.8. The number of anilines is 2. The molecule has 31 heavy (non-hydrogen) atoms. The van der Waals surface area contributed by atoms with Gasteiger partial charge in [0.05, 0.1) is 11.6 Å². The van der Waals surface area contributed by atoms with Gasteiger partial charge in [0, 0.05) is 27.0 Å². The number of carbonyl (C=O) groups is 1. The molecule has 2 amide bonds. The van der Waals surface area contributed by atoms with Gasteiger partial charge in [-0.2, -0.15) is 5.26 Å². The molecular weight excluding hydrogens is 433 g/mol. The van der Waals surface area contributed by atoms with Crippen LogP contribution in [-0.4, -0.2) is 16.7 Å². The van der Waals surface area contributed by atoms with Crippen LogP contribution in [0.15, 0.2) is 72.8 Å². The summed E-state index contributed by atoms with van der Waals surface area (Å²) in [6, 6.07) is 22.3. The van der Waals surface area contributed by atoms with E-state index in [2.05, 4.69) is 6.07 Å². The molecule has 1 unspecified atom stereocenters. The van der Waals surface area contributed by atoms with E-state index >= 15 is 0 Å². The average molecular weight is 450 g/mol. The van der Waals surface area contributed by atoms with E-state index in [4.69, 9.17) is 23.2 Å². The number of hydrogen-bond donors (Lipinski definition) is 1. The molecule has 0 radical (unpaired) electrons. The van der Waals surface area contributed by atoms with Crippen molar-refractivity contribution in [1.29, 1.82) is 5.26 Å². The molecule has 7 heteroatoms. The van der Waals surface area contributed by atoms with Gasteiger partial charge < -0.3 is 5.11 Å². The van der Waals surface area contributed by atoms with E-state index in [1.807, 2.05) is 0 Å². The number of aliphatic hydroxyl groups is 1. The summed E-state index contributed by atoms with van der Waals surface area (Å²) in [4.78, 5) is 16.9. The second-order valence-corrected chi connectivity index (χ2v) is 8.68. The quantitative estimate of drug-likeness (QED) is 0.558. The van der Waals surface area contributed by atoms with Crippen molar-refractivity contribution in [3.05, 3.63) is 94.0 Å². The molecule has 1 spiro atoms. The molecule has 0 bridgehead atoms. The fraction of sp³-hybridized carbons (Fsp3) is 0.167. The molecule has 5 rings (SSSR count). The Bertz CT molecular complexity index is 1220. The second-order valence-electron chi connectivity index (χ2n) is 7.80. The monoisotopic (exact) mass is 449 g/mol. The normalized spacial score (nSPS) is 21.4. The van der Waals surface area contributed by atoms with Gasteiger partial charge in [0.25, 0.3) is 0 Å². The van der Waals surface area contributed by atoms with E-state index in [-0.39, 0.29) is 6.03 Å². The third kappa shape index (κ3) is 2.84. The summed E-state index contributed by atoms with van der Waals surface area (Å²) in [5, 5.41) is 22.8. The van der Waals surface area contributed by atoms with Crippen LogP contribution in [0.4, 0.5) is 16.2 Å². The van der Waals surface area contributed by atoms with Crippen molar-refractivity contribution < 1.29 is 9.90 Å². The summed E-state index contributed by atoms with van der Waals surface area (Å²) in [7, 11) is 0. The highest BCUT2D eigenvalue weighted by molar-refractivity contribution is 6.31. The molecule has 1 heterocycles. The van der Waals surface area contributed by atoms with Crippen molar-refractivity contribution in [3.8, 4) is 6.07 Å². The number of hydrogen-bond acceptors (Lipinski definition) is 3. The van der Waals surface area contributed by atoms with Gasteiger partial charge in [-0.25, -0.2) is 4.79 Å². The van der Waals surface area contributed by atoms with Crippen molar-refractivity contribution >= 4 is 40.6 Å². The average Bonchev–Trinajstić information content (AvgIpc) is 3.55. The van der Waals surface area contributed by atoms with E-state index in [1.165, 1.54) is 4.90 Å². The number of carbonyl (C=O) groups excluding carboxylic acids is 1. The first-order valence-corrected chi connectivity index (χ1v) is 10.5. The summed E-state index contributed by atoms with van der Waals surface area (Å²) in [6.45, 7) is 0. The van der Waals surface area contributed by atoms with Gasteiger partial charge >= 0.3 is 6.03 Å². The van der Waals surface area contributed by atoms with Gasteiger partial charge in [-0.3, -0.25) is 9.80 Å². The maximum Gasteiger partial charge on any atom is 0.332 e. The van der Waals surface area contributed by atoms with E-state index in [0.717, 1.165) is 0 Å². The number of amides is 2. The lowest BCUT2D eigenvalue weighted by molar-refractivity contribution is 0.0221. The Hall–Kier alpha value is -3.04. The number of nitriles is 1. The predicted octanol–water partition coefficient (Wildman–Crippen LogP) is 5.69. The van der Waals surface area contributed by atoms with Crippen molar-refractivity contribution in [3.63, 3.8) is 0 Å². The number of rotatable bonds is 3. The zero-order chi connectivity index (χ0) is 21.8. The van der Waals surface area contributed by atoms with Gasteiger partial charge in [0.15, 0.2) is 5.72 Å². The largest absolute Gasteiger partial charge is 0.364 e. The van der Waals surface area contributed by atoms with Crippen LogP contribution >= 0.6 is 23.2 Å². The van der Waals surface area contributed by atoms with Crippen molar-refractivity contribution in [2.24, 2.45) is 0 Å². The highest BCUT2D eigenvalue weighted by atomic mass is 35.5. The molecule has 5 nitrogen and oxygen atoms in total. The molecule has 1 saturated carbocycles. The van der Waals surface area contributed by atoms with Gasteiger partial charge in [-0.15, -0.1) is 0 Å².